The molecule has 2 rings (SSSR count). The first-order chi connectivity index (χ1) is 11.7. The highest BCUT2D eigenvalue weighted by Crippen LogP contribution is 2.33. The fraction of sp³-hybridized carbons (Fsp3) is 0.500. The van der Waals surface area contributed by atoms with Crippen LogP contribution in [-0.2, 0) is 11.0 Å². The van der Waals surface area contributed by atoms with Gasteiger partial charge in [0.25, 0.3) is 0 Å². The van der Waals surface area contributed by atoms with Crippen LogP contribution in [0.2, 0.25) is 5.02 Å². The summed E-state index contributed by atoms with van der Waals surface area (Å²) in [6.45, 7) is 1.71. The quantitative estimate of drug-likeness (QED) is 0.828. The summed E-state index contributed by atoms with van der Waals surface area (Å²) in [5.41, 5.74) is 4.01. The van der Waals surface area contributed by atoms with Gasteiger partial charge in [-0.1, -0.05) is 11.6 Å². The van der Waals surface area contributed by atoms with Gasteiger partial charge in [0.1, 0.15) is 5.82 Å². The normalized spacial score (nSPS) is 15.2. The number of pyridine rings is 1. The molecule has 1 aliphatic rings. The molecule has 1 fully saturated rings. The molecular weight excluding hydrogens is 363 g/mol. The number of anilines is 1. The van der Waals surface area contributed by atoms with Crippen molar-refractivity contribution in [1.82, 2.24) is 15.2 Å². The number of carbonyl (C=O) groups excluding carboxylic acids is 2. The van der Waals surface area contributed by atoms with Crippen LogP contribution in [0.1, 0.15) is 12.0 Å². The SMILES string of the molecule is NC(=O)NCCC(=O)N1CCN(c2ncc(C(F)(F)F)cc2Cl)CC1. The minimum Gasteiger partial charge on any atom is -0.352 e. The van der Waals surface area contributed by atoms with E-state index in [0.29, 0.717) is 26.2 Å². The standard InChI is InChI=1S/C14H17ClF3N5O2/c15-10-7-9(14(16,17)18)8-21-12(10)23-5-3-22(4-6-23)11(24)1-2-20-13(19)25/h7-8H,1-6H2,(H3,19,20,25). The zero-order chi connectivity index (χ0) is 18.6. The number of nitrogens with zero attached hydrogens (tertiary/aromatic N) is 3. The van der Waals surface area contributed by atoms with Crippen molar-refractivity contribution in [3.05, 3.63) is 22.8 Å². The lowest BCUT2D eigenvalue weighted by molar-refractivity contribution is -0.137. The summed E-state index contributed by atoms with van der Waals surface area (Å²) in [5, 5.41) is 2.25. The van der Waals surface area contributed by atoms with Gasteiger partial charge in [0.15, 0.2) is 0 Å². The minimum atomic E-state index is -4.50. The fourth-order valence-corrected chi connectivity index (χ4v) is 2.72. The maximum Gasteiger partial charge on any atom is 0.417 e. The van der Waals surface area contributed by atoms with Gasteiger partial charge >= 0.3 is 12.2 Å². The van der Waals surface area contributed by atoms with E-state index < -0.39 is 17.8 Å². The number of hydrogen-bond acceptors (Lipinski definition) is 4. The third kappa shape index (κ3) is 5.12. The van der Waals surface area contributed by atoms with Crippen molar-refractivity contribution in [3.63, 3.8) is 0 Å². The van der Waals surface area contributed by atoms with E-state index in [2.05, 4.69) is 10.3 Å². The average Bonchev–Trinajstić information content (AvgIpc) is 2.53. The van der Waals surface area contributed by atoms with Crippen molar-refractivity contribution >= 4 is 29.4 Å². The van der Waals surface area contributed by atoms with Crippen LogP contribution in [0, 0.1) is 0 Å². The number of nitrogens with two attached hydrogens (primary N) is 1. The second-order valence-electron chi connectivity index (χ2n) is 5.44. The highest BCUT2D eigenvalue weighted by molar-refractivity contribution is 6.33. The predicted octanol–water partition coefficient (Wildman–Crippen LogP) is 1.46. The molecule has 3 N–H and O–H groups in total. The first-order valence-electron chi connectivity index (χ1n) is 7.47. The molecular formula is C14H17ClF3N5O2. The summed E-state index contributed by atoms with van der Waals surface area (Å²) >= 11 is 5.93. The highest BCUT2D eigenvalue weighted by atomic mass is 35.5. The number of urea groups is 1. The first kappa shape index (κ1) is 19.1. The van der Waals surface area contributed by atoms with Crippen molar-refractivity contribution < 1.29 is 22.8 Å². The molecule has 0 spiro atoms. The molecule has 1 aliphatic heterocycles. The lowest BCUT2D eigenvalue weighted by Crippen LogP contribution is -2.49. The molecule has 138 valence electrons. The Bertz CT molecular complexity index is 648. The molecule has 1 saturated heterocycles. The van der Waals surface area contributed by atoms with Crippen LogP contribution in [0.3, 0.4) is 0 Å². The van der Waals surface area contributed by atoms with Gasteiger partial charge < -0.3 is 20.9 Å². The number of rotatable bonds is 4. The Hall–Kier alpha value is -2.23. The van der Waals surface area contributed by atoms with Crippen molar-refractivity contribution in [2.75, 3.05) is 37.6 Å². The van der Waals surface area contributed by atoms with E-state index in [1.165, 1.54) is 0 Å². The molecule has 0 bridgehead atoms. The smallest absolute Gasteiger partial charge is 0.352 e. The van der Waals surface area contributed by atoms with E-state index in [4.69, 9.17) is 17.3 Å². The average molecular weight is 380 g/mol. The van der Waals surface area contributed by atoms with Crippen LogP contribution in [0.25, 0.3) is 0 Å². The van der Waals surface area contributed by atoms with Gasteiger partial charge in [-0.25, -0.2) is 9.78 Å². The summed E-state index contributed by atoms with van der Waals surface area (Å²) in [7, 11) is 0. The summed E-state index contributed by atoms with van der Waals surface area (Å²) in [4.78, 5) is 29.7. The Morgan fingerprint density at radius 2 is 1.92 bits per heavy atom. The first-order valence-corrected chi connectivity index (χ1v) is 7.85. The lowest BCUT2D eigenvalue weighted by Gasteiger charge is -2.35. The van der Waals surface area contributed by atoms with Gasteiger partial charge in [-0.15, -0.1) is 0 Å². The van der Waals surface area contributed by atoms with E-state index in [9.17, 15) is 22.8 Å². The number of piperazine rings is 1. The van der Waals surface area contributed by atoms with Gasteiger partial charge in [0, 0.05) is 45.3 Å². The third-order valence-electron chi connectivity index (χ3n) is 3.72. The molecule has 0 saturated carbocycles. The van der Waals surface area contributed by atoms with Crippen LogP contribution in [0.4, 0.5) is 23.8 Å². The van der Waals surface area contributed by atoms with Crippen molar-refractivity contribution in [2.24, 2.45) is 5.73 Å². The summed E-state index contributed by atoms with van der Waals surface area (Å²) < 4.78 is 37.9. The molecule has 0 radical (unpaired) electrons. The monoisotopic (exact) mass is 379 g/mol. The molecule has 25 heavy (non-hydrogen) atoms. The van der Waals surface area contributed by atoms with Gasteiger partial charge in [-0.3, -0.25) is 4.79 Å². The van der Waals surface area contributed by atoms with Gasteiger partial charge in [-0.2, -0.15) is 13.2 Å². The van der Waals surface area contributed by atoms with Crippen LogP contribution in [0.15, 0.2) is 12.3 Å². The summed E-state index contributed by atoms with van der Waals surface area (Å²) in [5.74, 6) is 0.122. The van der Waals surface area contributed by atoms with Crippen LogP contribution in [0.5, 0.6) is 0 Å². The van der Waals surface area contributed by atoms with Crippen molar-refractivity contribution in [2.45, 2.75) is 12.6 Å². The minimum absolute atomic E-state index is 0.0831. The van der Waals surface area contributed by atoms with E-state index in [1.54, 1.807) is 9.80 Å². The fourth-order valence-electron chi connectivity index (χ4n) is 2.44. The Balaban J connectivity index is 1.92. The number of alkyl halides is 3. The van der Waals surface area contributed by atoms with Crippen LogP contribution in [-0.4, -0.2) is 54.5 Å². The third-order valence-corrected chi connectivity index (χ3v) is 4.00. The number of nitrogens with one attached hydrogen (secondary N) is 1. The molecule has 0 atom stereocenters. The molecule has 3 amide bonds. The molecule has 11 heteroatoms. The highest BCUT2D eigenvalue weighted by Gasteiger charge is 2.32. The number of halogens is 4. The summed E-state index contributed by atoms with van der Waals surface area (Å²) in [6, 6.07) is 0.150. The molecule has 0 aliphatic carbocycles. The molecule has 7 nitrogen and oxygen atoms in total. The Kier molecular flexibility index (Phi) is 5.93. The second kappa shape index (κ2) is 7.77. The zero-order valence-electron chi connectivity index (χ0n) is 13.1. The van der Waals surface area contributed by atoms with Crippen molar-refractivity contribution in [3.8, 4) is 0 Å². The summed E-state index contributed by atoms with van der Waals surface area (Å²) in [6.07, 6.45) is -3.63. The van der Waals surface area contributed by atoms with Crippen LogP contribution >= 0.6 is 11.6 Å². The molecule has 1 aromatic rings. The van der Waals surface area contributed by atoms with E-state index in [0.717, 1.165) is 12.3 Å². The van der Waals surface area contributed by atoms with Crippen molar-refractivity contribution in [1.29, 1.82) is 0 Å². The number of carbonyl (C=O) groups is 2. The topological polar surface area (TPSA) is 91.6 Å². The van der Waals surface area contributed by atoms with Crippen LogP contribution < -0.4 is 16.0 Å². The number of amides is 3. The van der Waals surface area contributed by atoms with Gasteiger partial charge in [0.2, 0.25) is 5.91 Å². The lowest BCUT2D eigenvalue weighted by atomic mass is 10.2. The van der Waals surface area contributed by atoms with Gasteiger partial charge in [-0.05, 0) is 6.07 Å². The maximum atomic E-state index is 12.6. The molecule has 1 aromatic heterocycles. The molecule has 0 unspecified atom stereocenters. The number of hydrogen-bond donors (Lipinski definition) is 2. The predicted molar refractivity (Wildman–Crippen MR) is 85.2 cm³/mol. The Morgan fingerprint density at radius 3 is 2.44 bits per heavy atom. The van der Waals surface area contributed by atoms with E-state index in [1.807, 2.05) is 0 Å². The largest absolute Gasteiger partial charge is 0.417 e. The van der Waals surface area contributed by atoms with E-state index >= 15 is 0 Å². The van der Waals surface area contributed by atoms with E-state index in [-0.39, 0.29) is 29.7 Å². The number of primary amides is 1. The zero-order valence-corrected chi connectivity index (χ0v) is 13.9. The Morgan fingerprint density at radius 1 is 1.28 bits per heavy atom. The second-order valence-corrected chi connectivity index (χ2v) is 5.84. The van der Waals surface area contributed by atoms with Gasteiger partial charge in [0.05, 0.1) is 10.6 Å². The number of aromatic nitrogens is 1. The molecule has 0 aromatic carbocycles. The molecule has 2 heterocycles. The maximum absolute atomic E-state index is 12.6. The Labute approximate surface area is 146 Å².